The fourth-order valence-electron chi connectivity index (χ4n) is 6.34. The second-order valence-corrected chi connectivity index (χ2v) is 13.6. The standard InChI is InChI=1S/C36H49Cl4N5/c1-28-24-34(42(20-14-37)21-15-38)12-8-31(28)26-44-18-5-19-45(36(44)30-6-10-33(11-7-30)41(3)4)27-32-9-13-35(25-29(32)2)43(22-16-39)23-17-40/h6-13,24-25,36H,5,14-23,26-27H2,1-4H3. The molecule has 0 saturated carbocycles. The van der Waals surface area contributed by atoms with Gasteiger partial charge in [-0.15, -0.1) is 46.4 Å². The number of hydrogen-bond acceptors (Lipinski definition) is 5. The Morgan fingerprint density at radius 3 is 1.36 bits per heavy atom. The minimum Gasteiger partial charge on any atom is -0.378 e. The summed E-state index contributed by atoms with van der Waals surface area (Å²) >= 11 is 24.4. The van der Waals surface area contributed by atoms with E-state index in [1.807, 2.05) is 0 Å². The summed E-state index contributed by atoms with van der Waals surface area (Å²) in [5.41, 5.74) is 10.2. The fourth-order valence-corrected chi connectivity index (χ4v) is 7.16. The van der Waals surface area contributed by atoms with Gasteiger partial charge in [0.25, 0.3) is 0 Å². The smallest absolute Gasteiger partial charge is 0.0892 e. The van der Waals surface area contributed by atoms with Crippen molar-refractivity contribution in [3.63, 3.8) is 0 Å². The van der Waals surface area contributed by atoms with E-state index in [4.69, 9.17) is 46.4 Å². The first-order chi connectivity index (χ1) is 21.8. The van der Waals surface area contributed by atoms with E-state index < -0.39 is 0 Å². The summed E-state index contributed by atoms with van der Waals surface area (Å²) < 4.78 is 0. The Morgan fingerprint density at radius 1 is 0.600 bits per heavy atom. The number of nitrogens with zero attached hydrogens (tertiary/aromatic N) is 5. The fraction of sp³-hybridized carbons (Fsp3) is 0.500. The summed E-state index contributed by atoms with van der Waals surface area (Å²) in [6.45, 7) is 11.5. The quantitative estimate of drug-likeness (QED) is 0.140. The van der Waals surface area contributed by atoms with Crippen molar-refractivity contribution in [2.24, 2.45) is 0 Å². The molecule has 5 nitrogen and oxygen atoms in total. The van der Waals surface area contributed by atoms with Crippen molar-refractivity contribution < 1.29 is 0 Å². The van der Waals surface area contributed by atoms with Crippen LogP contribution in [0.1, 0.15) is 40.4 Å². The molecule has 0 radical (unpaired) electrons. The van der Waals surface area contributed by atoms with Crippen LogP contribution >= 0.6 is 46.4 Å². The number of alkyl halides is 4. The van der Waals surface area contributed by atoms with Crippen LogP contribution in [0.3, 0.4) is 0 Å². The van der Waals surface area contributed by atoms with E-state index >= 15 is 0 Å². The van der Waals surface area contributed by atoms with Crippen LogP contribution in [0.15, 0.2) is 60.7 Å². The minimum atomic E-state index is 0.168. The van der Waals surface area contributed by atoms with Crippen LogP contribution in [0.4, 0.5) is 17.1 Å². The average molecular weight is 694 g/mol. The molecule has 1 heterocycles. The molecule has 9 heteroatoms. The molecule has 246 valence electrons. The SMILES string of the molecule is Cc1cc(N(CCCl)CCCl)ccc1CN1CCCN(Cc2ccc(N(CCCl)CCCl)cc2C)C1c1ccc(N(C)C)cc1. The summed E-state index contributed by atoms with van der Waals surface area (Å²) in [5, 5.41) is 0. The van der Waals surface area contributed by atoms with Crippen molar-refractivity contribution in [3.8, 4) is 0 Å². The van der Waals surface area contributed by atoms with Gasteiger partial charge in [0.05, 0.1) is 6.17 Å². The van der Waals surface area contributed by atoms with Gasteiger partial charge in [-0.2, -0.15) is 0 Å². The van der Waals surface area contributed by atoms with Gasteiger partial charge in [0.1, 0.15) is 0 Å². The van der Waals surface area contributed by atoms with Crippen LogP contribution in [-0.2, 0) is 13.1 Å². The van der Waals surface area contributed by atoms with E-state index in [0.717, 1.165) is 58.8 Å². The number of hydrogen-bond donors (Lipinski definition) is 0. The van der Waals surface area contributed by atoms with Crippen LogP contribution in [0.5, 0.6) is 0 Å². The lowest BCUT2D eigenvalue weighted by Crippen LogP contribution is -2.47. The van der Waals surface area contributed by atoms with Crippen LogP contribution < -0.4 is 14.7 Å². The second-order valence-electron chi connectivity index (χ2n) is 12.1. The molecule has 1 aliphatic rings. The Labute approximate surface area is 291 Å². The van der Waals surface area contributed by atoms with Gasteiger partial charge in [-0.25, -0.2) is 0 Å². The highest BCUT2D eigenvalue weighted by molar-refractivity contribution is 6.19. The lowest BCUT2D eigenvalue weighted by molar-refractivity contribution is -0.00927. The van der Waals surface area contributed by atoms with Crippen molar-refractivity contribution in [3.05, 3.63) is 88.5 Å². The molecule has 4 rings (SSSR count). The zero-order valence-electron chi connectivity index (χ0n) is 27.3. The molecule has 0 aromatic heterocycles. The van der Waals surface area contributed by atoms with Crippen LogP contribution in [0, 0.1) is 13.8 Å². The monoisotopic (exact) mass is 691 g/mol. The van der Waals surface area contributed by atoms with Crippen LogP contribution in [0.25, 0.3) is 0 Å². The van der Waals surface area contributed by atoms with E-state index in [0.29, 0.717) is 23.5 Å². The Morgan fingerprint density at radius 2 is 1.00 bits per heavy atom. The van der Waals surface area contributed by atoms with Crippen LogP contribution in [0.2, 0.25) is 0 Å². The first-order valence-corrected chi connectivity index (χ1v) is 18.1. The van der Waals surface area contributed by atoms with E-state index in [1.54, 1.807) is 0 Å². The maximum absolute atomic E-state index is 6.10. The summed E-state index contributed by atoms with van der Waals surface area (Å²) in [6.07, 6.45) is 1.29. The second kappa shape index (κ2) is 17.9. The van der Waals surface area contributed by atoms with Gasteiger partial charge in [0, 0.05) is 107 Å². The topological polar surface area (TPSA) is 16.2 Å². The summed E-state index contributed by atoms with van der Waals surface area (Å²) in [5.74, 6) is 2.32. The van der Waals surface area contributed by atoms with Crippen molar-refractivity contribution in [1.82, 2.24) is 9.80 Å². The number of halogens is 4. The average Bonchev–Trinajstić information content (AvgIpc) is 3.03. The molecular formula is C36H49Cl4N5. The molecule has 1 saturated heterocycles. The molecule has 3 aromatic carbocycles. The first-order valence-electron chi connectivity index (χ1n) is 16.0. The Bertz CT molecular complexity index is 1250. The highest BCUT2D eigenvalue weighted by atomic mass is 35.5. The predicted molar refractivity (Wildman–Crippen MR) is 199 cm³/mol. The zero-order valence-corrected chi connectivity index (χ0v) is 30.3. The first kappa shape index (κ1) is 36.0. The van der Waals surface area contributed by atoms with Gasteiger partial charge in [0.15, 0.2) is 0 Å². The Kier molecular flexibility index (Phi) is 14.3. The van der Waals surface area contributed by atoms with Crippen molar-refractivity contribution >= 4 is 63.5 Å². The van der Waals surface area contributed by atoms with Gasteiger partial charge >= 0.3 is 0 Å². The number of benzene rings is 3. The molecule has 0 N–H and O–H groups in total. The maximum Gasteiger partial charge on any atom is 0.0892 e. The van der Waals surface area contributed by atoms with Gasteiger partial charge in [0.2, 0.25) is 0 Å². The van der Waals surface area contributed by atoms with Crippen LogP contribution in [-0.4, -0.2) is 86.7 Å². The molecule has 1 aliphatic heterocycles. The highest BCUT2D eigenvalue weighted by Gasteiger charge is 2.31. The van der Waals surface area contributed by atoms with Crippen molar-refractivity contribution in [2.75, 3.05) is 91.6 Å². The summed E-state index contributed by atoms with van der Waals surface area (Å²) in [7, 11) is 4.19. The molecule has 45 heavy (non-hydrogen) atoms. The molecule has 1 fully saturated rings. The van der Waals surface area contributed by atoms with Gasteiger partial charge in [-0.1, -0.05) is 24.3 Å². The molecular weight excluding hydrogens is 644 g/mol. The van der Waals surface area contributed by atoms with Gasteiger partial charge in [-0.3, -0.25) is 9.80 Å². The lowest BCUT2D eigenvalue weighted by atomic mass is 10.0. The third kappa shape index (κ3) is 9.59. The maximum atomic E-state index is 6.10. The summed E-state index contributed by atoms with van der Waals surface area (Å²) in [4.78, 5) is 12.0. The lowest BCUT2D eigenvalue weighted by Gasteiger charge is -2.45. The number of aryl methyl sites for hydroxylation is 2. The number of anilines is 3. The number of rotatable bonds is 16. The third-order valence-corrected chi connectivity index (χ3v) is 9.51. The molecule has 0 unspecified atom stereocenters. The summed E-state index contributed by atoms with van der Waals surface area (Å²) in [6, 6.07) is 22.7. The molecule has 3 aromatic rings. The minimum absolute atomic E-state index is 0.168. The van der Waals surface area contributed by atoms with Crippen molar-refractivity contribution in [1.29, 1.82) is 0 Å². The van der Waals surface area contributed by atoms with Gasteiger partial charge < -0.3 is 14.7 Å². The predicted octanol–water partition coefficient (Wildman–Crippen LogP) is 8.34. The molecule has 0 bridgehead atoms. The van der Waals surface area contributed by atoms with E-state index in [1.165, 1.54) is 44.9 Å². The zero-order chi connectivity index (χ0) is 32.3. The normalized spacial score (nSPS) is 14.6. The molecule has 0 amide bonds. The molecule has 0 atom stereocenters. The van der Waals surface area contributed by atoms with Gasteiger partial charge in [-0.05, 0) is 84.5 Å². The van der Waals surface area contributed by atoms with E-state index in [2.05, 4.69) is 113 Å². The van der Waals surface area contributed by atoms with E-state index in [9.17, 15) is 0 Å². The van der Waals surface area contributed by atoms with E-state index in [-0.39, 0.29) is 6.17 Å². The molecule has 0 spiro atoms. The third-order valence-electron chi connectivity index (χ3n) is 8.84. The Balaban J connectivity index is 1.63. The largest absolute Gasteiger partial charge is 0.378 e. The highest BCUT2D eigenvalue weighted by Crippen LogP contribution is 2.35. The Hall–Kier alpha value is -1.86. The van der Waals surface area contributed by atoms with Crippen molar-refractivity contribution in [2.45, 2.75) is 39.5 Å². The molecule has 0 aliphatic carbocycles.